The Morgan fingerprint density at radius 2 is 1.67 bits per heavy atom. The summed E-state index contributed by atoms with van der Waals surface area (Å²) >= 11 is 1.56. The van der Waals surface area contributed by atoms with Gasteiger partial charge in [0.2, 0.25) is 0 Å². The summed E-state index contributed by atoms with van der Waals surface area (Å²) < 4.78 is -0.419. The Morgan fingerprint density at radius 1 is 1.11 bits per heavy atom. The molecule has 0 saturated carbocycles. The van der Waals surface area contributed by atoms with E-state index in [1.54, 1.807) is 11.8 Å². The van der Waals surface area contributed by atoms with Crippen LogP contribution in [0, 0.1) is 0 Å². The van der Waals surface area contributed by atoms with Crippen molar-refractivity contribution in [3.8, 4) is 0 Å². The summed E-state index contributed by atoms with van der Waals surface area (Å²) in [7, 11) is 0. The highest BCUT2D eigenvalue weighted by atomic mass is 32.2. The monoisotopic (exact) mass is 270 g/mol. The van der Waals surface area contributed by atoms with Crippen LogP contribution in [0.3, 0.4) is 0 Å². The van der Waals surface area contributed by atoms with Crippen LogP contribution >= 0.6 is 11.8 Å². The van der Waals surface area contributed by atoms with E-state index in [0.29, 0.717) is 0 Å². The van der Waals surface area contributed by atoms with Crippen LogP contribution in [0.2, 0.25) is 0 Å². The SMILES string of the molecule is C[C@@H](O)[C@H](O)C[C@@H](O)C(C)(C)Sc1ccccc1. The van der Waals surface area contributed by atoms with Gasteiger partial charge in [-0.15, -0.1) is 11.8 Å². The van der Waals surface area contributed by atoms with Gasteiger partial charge in [0.15, 0.2) is 0 Å². The second kappa shape index (κ2) is 6.57. The normalized spacial score (nSPS) is 17.2. The summed E-state index contributed by atoms with van der Waals surface area (Å²) in [6, 6.07) is 9.84. The third-order valence-electron chi connectivity index (χ3n) is 2.95. The van der Waals surface area contributed by atoms with E-state index < -0.39 is 23.1 Å². The van der Waals surface area contributed by atoms with Gasteiger partial charge in [-0.05, 0) is 32.9 Å². The van der Waals surface area contributed by atoms with E-state index >= 15 is 0 Å². The maximum absolute atomic E-state index is 10.2. The molecule has 0 saturated heterocycles. The zero-order chi connectivity index (χ0) is 13.8. The summed E-state index contributed by atoms with van der Waals surface area (Å²) in [6.45, 7) is 5.39. The van der Waals surface area contributed by atoms with Gasteiger partial charge in [0.25, 0.3) is 0 Å². The molecule has 3 nitrogen and oxygen atoms in total. The molecule has 4 heteroatoms. The topological polar surface area (TPSA) is 60.7 Å². The lowest BCUT2D eigenvalue weighted by atomic mass is 9.98. The second-order valence-corrected chi connectivity index (χ2v) is 6.81. The van der Waals surface area contributed by atoms with E-state index in [-0.39, 0.29) is 6.42 Å². The average molecular weight is 270 g/mol. The van der Waals surface area contributed by atoms with Crippen molar-refractivity contribution in [1.29, 1.82) is 0 Å². The highest BCUT2D eigenvalue weighted by Gasteiger charge is 2.31. The average Bonchev–Trinajstić information content (AvgIpc) is 2.29. The summed E-state index contributed by atoms with van der Waals surface area (Å²) in [5.74, 6) is 0. The fourth-order valence-corrected chi connectivity index (χ4v) is 2.70. The van der Waals surface area contributed by atoms with Crippen molar-refractivity contribution in [2.75, 3.05) is 0 Å². The Labute approximate surface area is 113 Å². The van der Waals surface area contributed by atoms with Gasteiger partial charge in [-0.3, -0.25) is 0 Å². The van der Waals surface area contributed by atoms with E-state index in [1.807, 2.05) is 44.2 Å². The first kappa shape index (κ1) is 15.5. The summed E-state index contributed by atoms with van der Waals surface area (Å²) in [5.41, 5.74) is 0. The molecule has 3 atom stereocenters. The predicted molar refractivity (Wildman–Crippen MR) is 74.7 cm³/mol. The Bertz CT molecular complexity index is 351. The van der Waals surface area contributed by atoms with Crippen LogP contribution in [0.4, 0.5) is 0 Å². The van der Waals surface area contributed by atoms with Gasteiger partial charge in [-0.1, -0.05) is 18.2 Å². The molecule has 0 aliphatic rings. The van der Waals surface area contributed by atoms with Gasteiger partial charge in [-0.2, -0.15) is 0 Å². The summed E-state index contributed by atoms with van der Waals surface area (Å²) in [5, 5.41) is 29.0. The van der Waals surface area contributed by atoms with E-state index in [9.17, 15) is 15.3 Å². The van der Waals surface area contributed by atoms with Gasteiger partial charge in [0.05, 0.1) is 18.3 Å². The van der Waals surface area contributed by atoms with Crippen molar-refractivity contribution in [3.05, 3.63) is 30.3 Å². The van der Waals surface area contributed by atoms with Crippen LogP contribution in [0.25, 0.3) is 0 Å². The molecule has 0 radical (unpaired) electrons. The zero-order valence-corrected chi connectivity index (χ0v) is 11.9. The number of benzene rings is 1. The molecule has 1 rings (SSSR count). The molecule has 0 aromatic heterocycles. The molecule has 3 N–H and O–H groups in total. The molecule has 0 aliphatic heterocycles. The van der Waals surface area contributed by atoms with E-state index in [4.69, 9.17) is 0 Å². The Kier molecular flexibility index (Phi) is 5.66. The molecule has 1 aromatic carbocycles. The fraction of sp³-hybridized carbons (Fsp3) is 0.571. The third kappa shape index (κ3) is 4.61. The zero-order valence-electron chi connectivity index (χ0n) is 11.1. The quantitative estimate of drug-likeness (QED) is 0.692. The first-order chi connectivity index (χ1) is 8.33. The molecule has 0 aliphatic carbocycles. The number of rotatable bonds is 6. The lowest BCUT2D eigenvalue weighted by molar-refractivity contribution is -0.00907. The van der Waals surface area contributed by atoms with Gasteiger partial charge in [-0.25, -0.2) is 0 Å². The number of aliphatic hydroxyl groups is 3. The molecule has 18 heavy (non-hydrogen) atoms. The highest BCUT2D eigenvalue weighted by molar-refractivity contribution is 8.00. The Hall–Kier alpha value is -0.550. The lowest BCUT2D eigenvalue weighted by Crippen LogP contribution is -2.38. The first-order valence-corrected chi connectivity index (χ1v) is 6.93. The molecular weight excluding hydrogens is 248 g/mol. The molecule has 102 valence electrons. The van der Waals surface area contributed by atoms with Crippen molar-refractivity contribution in [3.63, 3.8) is 0 Å². The highest BCUT2D eigenvalue weighted by Crippen LogP contribution is 2.36. The van der Waals surface area contributed by atoms with Gasteiger partial charge in [0, 0.05) is 16.1 Å². The number of thioether (sulfide) groups is 1. The second-order valence-electron chi connectivity index (χ2n) is 5.08. The maximum Gasteiger partial charge on any atom is 0.0821 e. The van der Waals surface area contributed by atoms with E-state index in [1.165, 1.54) is 6.92 Å². The molecule has 1 aromatic rings. The summed E-state index contributed by atoms with van der Waals surface area (Å²) in [4.78, 5) is 1.08. The molecule has 0 spiro atoms. The maximum atomic E-state index is 10.2. The van der Waals surface area contributed by atoms with Crippen molar-refractivity contribution in [1.82, 2.24) is 0 Å². The Balaban J connectivity index is 2.62. The Morgan fingerprint density at radius 3 is 2.17 bits per heavy atom. The smallest absolute Gasteiger partial charge is 0.0821 e. The number of hydrogen-bond donors (Lipinski definition) is 3. The molecule has 0 fully saturated rings. The van der Waals surface area contributed by atoms with Crippen LogP contribution < -0.4 is 0 Å². The summed E-state index contributed by atoms with van der Waals surface area (Å²) in [6.07, 6.45) is -2.23. The van der Waals surface area contributed by atoms with Gasteiger partial charge in [0.1, 0.15) is 0 Å². The van der Waals surface area contributed by atoms with Crippen molar-refractivity contribution < 1.29 is 15.3 Å². The van der Waals surface area contributed by atoms with Gasteiger partial charge >= 0.3 is 0 Å². The molecule has 0 amide bonds. The van der Waals surface area contributed by atoms with Crippen molar-refractivity contribution in [2.24, 2.45) is 0 Å². The lowest BCUT2D eigenvalue weighted by Gasteiger charge is -2.31. The number of aliphatic hydroxyl groups excluding tert-OH is 3. The van der Waals surface area contributed by atoms with Gasteiger partial charge < -0.3 is 15.3 Å². The minimum absolute atomic E-state index is 0.171. The minimum Gasteiger partial charge on any atom is -0.392 e. The van der Waals surface area contributed by atoms with Crippen molar-refractivity contribution >= 4 is 11.8 Å². The van der Waals surface area contributed by atoms with Crippen LogP contribution in [-0.4, -0.2) is 38.4 Å². The van der Waals surface area contributed by atoms with Crippen LogP contribution in [-0.2, 0) is 0 Å². The van der Waals surface area contributed by atoms with E-state index in [2.05, 4.69) is 0 Å². The molecule has 0 unspecified atom stereocenters. The van der Waals surface area contributed by atoms with Crippen LogP contribution in [0.5, 0.6) is 0 Å². The van der Waals surface area contributed by atoms with Crippen LogP contribution in [0.15, 0.2) is 35.2 Å². The van der Waals surface area contributed by atoms with E-state index in [0.717, 1.165) is 4.90 Å². The predicted octanol–water partition coefficient (Wildman–Crippen LogP) is 2.05. The standard InChI is InChI=1S/C14H22O3S/c1-10(15)12(16)9-13(17)14(2,3)18-11-7-5-4-6-8-11/h4-8,10,12-13,15-17H,9H2,1-3H3/t10-,12-,13-/m1/s1. The molecular formula is C14H22O3S. The largest absolute Gasteiger partial charge is 0.392 e. The first-order valence-electron chi connectivity index (χ1n) is 6.11. The third-order valence-corrected chi connectivity index (χ3v) is 4.25. The number of hydrogen-bond acceptors (Lipinski definition) is 4. The molecule has 0 heterocycles. The van der Waals surface area contributed by atoms with Crippen molar-refractivity contribution in [2.45, 2.75) is 55.1 Å². The fourth-order valence-electron chi connectivity index (χ4n) is 1.57. The molecule has 0 bridgehead atoms. The minimum atomic E-state index is -0.893. The van der Waals surface area contributed by atoms with Crippen LogP contribution in [0.1, 0.15) is 27.2 Å².